The lowest BCUT2D eigenvalue weighted by molar-refractivity contribution is -0.120. The molecule has 1 aromatic heterocycles. The number of rotatable bonds is 6. The summed E-state index contributed by atoms with van der Waals surface area (Å²) in [4.78, 5) is 15.8. The van der Waals surface area contributed by atoms with Crippen molar-refractivity contribution in [1.82, 2.24) is 4.90 Å². The molecule has 0 saturated carbocycles. The van der Waals surface area contributed by atoms with Gasteiger partial charge in [0.2, 0.25) is 5.91 Å². The van der Waals surface area contributed by atoms with Crippen LogP contribution in [0.15, 0.2) is 41.8 Å². The first-order valence-corrected chi connectivity index (χ1v) is 7.91. The fourth-order valence-electron chi connectivity index (χ4n) is 2.15. The number of nitrogens with two attached hydrogens (primary N) is 1. The second-order valence-corrected chi connectivity index (χ2v) is 5.97. The van der Waals surface area contributed by atoms with Gasteiger partial charge >= 0.3 is 0 Å². The smallest absolute Gasteiger partial charge is 0.241 e. The molecule has 2 aromatic rings. The molecule has 3 N–H and O–H groups in total. The third-order valence-electron chi connectivity index (χ3n) is 3.43. The van der Waals surface area contributed by atoms with Gasteiger partial charge in [-0.2, -0.15) is 0 Å². The van der Waals surface area contributed by atoms with Gasteiger partial charge in [-0.1, -0.05) is 19.1 Å². The Hall–Kier alpha value is -1.85. The molecule has 1 atom stereocenters. The first-order valence-electron chi connectivity index (χ1n) is 7.03. The zero-order chi connectivity index (χ0) is 15.2. The number of carbonyl (C=O) groups excluding carboxylic acids is 1. The van der Waals surface area contributed by atoms with E-state index in [-0.39, 0.29) is 11.9 Å². The van der Waals surface area contributed by atoms with Crippen LogP contribution in [-0.2, 0) is 11.3 Å². The molecule has 112 valence electrons. The quantitative estimate of drug-likeness (QED) is 0.806. The second kappa shape index (κ2) is 7.24. The van der Waals surface area contributed by atoms with Gasteiger partial charge in [0.1, 0.15) is 0 Å². The lowest BCUT2D eigenvalue weighted by Gasteiger charge is -2.26. The van der Waals surface area contributed by atoms with Crippen LogP contribution < -0.4 is 11.1 Å². The van der Waals surface area contributed by atoms with Crippen molar-refractivity contribution in [2.24, 2.45) is 0 Å². The summed E-state index contributed by atoms with van der Waals surface area (Å²) < 4.78 is 0. The van der Waals surface area contributed by atoms with Crippen LogP contribution in [0.25, 0.3) is 0 Å². The maximum atomic E-state index is 12.4. The van der Waals surface area contributed by atoms with Gasteiger partial charge in [-0.3, -0.25) is 9.69 Å². The molecule has 0 radical (unpaired) electrons. The fourth-order valence-corrected chi connectivity index (χ4v) is 2.88. The van der Waals surface area contributed by atoms with Gasteiger partial charge in [0, 0.05) is 22.8 Å². The molecule has 0 saturated heterocycles. The highest BCUT2D eigenvalue weighted by Crippen LogP contribution is 2.16. The van der Waals surface area contributed by atoms with Crippen LogP contribution in [-0.4, -0.2) is 23.4 Å². The van der Waals surface area contributed by atoms with E-state index in [4.69, 9.17) is 5.73 Å². The van der Waals surface area contributed by atoms with Crippen LogP contribution in [0.1, 0.15) is 18.7 Å². The molecule has 0 aliphatic carbocycles. The minimum absolute atomic E-state index is 0.0148. The molecular weight excluding hydrogens is 282 g/mol. The number of likely N-dealkylation sites (N-methyl/N-ethyl adjacent to an activating group) is 1. The van der Waals surface area contributed by atoms with Crippen LogP contribution in [0.4, 0.5) is 11.4 Å². The molecule has 0 aliphatic heterocycles. The first kappa shape index (κ1) is 15.5. The van der Waals surface area contributed by atoms with E-state index in [2.05, 4.69) is 28.6 Å². The summed E-state index contributed by atoms with van der Waals surface area (Å²) in [5, 5.41) is 4.98. The number of thiophene rings is 1. The zero-order valence-electron chi connectivity index (χ0n) is 12.4. The van der Waals surface area contributed by atoms with Crippen molar-refractivity contribution >= 4 is 28.6 Å². The van der Waals surface area contributed by atoms with Crippen molar-refractivity contribution < 1.29 is 4.79 Å². The van der Waals surface area contributed by atoms with Crippen molar-refractivity contribution in [2.45, 2.75) is 26.4 Å². The summed E-state index contributed by atoms with van der Waals surface area (Å²) in [6.07, 6.45) is 0. The molecule has 0 fully saturated rings. The van der Waals surface area contributed by atoms with Crippen molar-refractivity contribution in [3.63, 3.8) is 0 Å². The highest BCUT2D eigenvalue weighted by atomic mass is 32.1. The van der Waals surface area contributed by atoms with Gasteiger partial charge in [-0.15, -0.1) is 11.3 Å². The Morgan fingerprint density at radius 2 is 2.19 bits per heavy atom. The molecular formula is C16H21N3OS. The Balaban J connectivity index is 1.99. The van der Waals surface area contributed by atoms with E-state index in [0.717, 1.165) is 18.8 Å². The van der Waals surface area contributed by atoms with E-state index in [1.165, 1.54) is 4.88 Å². The molecule has 0 bridgehead atoms. The van der Waals surface area contributed by atoms with Crippen molar-refractivity contribution in [2.75, 3.05) is 17.6 Å². The lowest BCUT2D eigenvalue weighted by atomic mass is 10.2. The van der Waals surface area contributed by atoms with Gasteiger partial charge in [-0.25, -0.2) is 0 Å². The standard InChI is InChI=1S/C16H21N3OS/c1-3-19(11-15-8-5-9-21-15)12(2)16(20)18-14-7-4-6-13(17)10-14/h4-10,12H,3,11,17H2,1-2H3,(H,18,20). The number of hydrogen-bond acceptors (Lipinski definition) is 4. The lowest BCUT2D eigenvalue weighted by Crippen LogP contribution is -2.41. The second-order valence-electron chi connectivity index (χ2n) is 4.93. The summed E-state index contributed by atoms with van der Waals surface area (Å²) >= 11 is 1.71. The molecule has 5 heteroatoms. The third-order valence-corrected chi connectivity index (χ3v) is 4.29. The van der Waals surface area contributed by atoms with Gasteiger partial charge in [0.25, 0.3) is 0 Å². The molecule has 1 amide bonds. The maximum Gasteiger partial charge on any atom is 0.241 e. The Kier molecular flexibility index (Phi) is 5.36. The Morgan fingerprint density at radius 3 is 2.81 bits per heavy atom. The molecule has 4 nitrogen and oxygen atoms in total. The predicted molar refractivity (Wildman–Crippen MR) is 89.3 cm³/mol. The fraction of sp³-hybridized carbons (Fsp3) is 0.312. The number of nitrogen functional groups attached to an aromatic ring is 1. The molecule has 1 aromatic carbocycles. The summed E-state index contributed by atoms with van der Waals surface area (Å²) in [7, 11) is 0. The summed E-state index contributed by atoms with van der Waals surface area (Å²) in [6, 6.07) is 11.2. The van der Waals surface area contributed by atoms with E-state index in [9.17, 15) is 4.79 Å². The van der Waals surface area contributed by atoms with E-state index in [0.29, 0.717) is 5.69 Å². The van der Waals surface area contributed by atoms with Crippen molar-refractivity contribution in [1.29, 1.82) is 0 Å². The largest absolute Gasteiger partial charge is 0.399 e. The van der Waals surface area contributed by atoms with Crippen LogP contribution >= 0.6 is 11.3 Å². The van der Waals surface area contributed by atoms with Gasteiger partial charge in [0.05, 0.1) is 6.04 Å². The SMILES string of the molecule is CCN(Cc1cccs1)C(C)C(=O)Nc1cccc(N)c1. The Bertz CT molecular complexity index is 583. The summed E-state index contributed by atoms with van der Waals surface area (Å²) in [6.45, 7) is 5.61. The van der Waals surface area contributed by atoms with Crippen molar-refractivity contribution in [3.05, 3.63) is 46.7 Å². The average Bonchev–Trinajstić information content (AvgIpc) is 2.97. The predicted octanol–water partition coefficient (Wildman–Crippen LogP) is 3.18. The van der Waals surface area contributed by atoms with Crippen molar-refractivity contribution in [3.8, 4) is 0 Å². The first-order chi connectivity index (χ1) is 10.1. The van der Waals surface area contributed by atoms with Crippen LogP contribution in [0.2, 0.25) is 0 Å². The molecule has 2 rings (SSSR count). The number of carbonyl (C=O) groups is 1. The van der Waals surface area contributed by atoms with Crippen LogP contribution in [0.5, 0.6) is 0 Å². The molecule has 1 unspecified atom stereocenters. The number of benzene rings is 1. The van der Waals surface area contributed by atoms with Gasteiger partial charge in [-0.05, 0) is 43.1 Å². The number of nitrogens with one attached hydrogen (secondary N) is 1. The molecule has 1 heterocycles. The monoisotopic (exact) mass is 303 g/mol. The minimum atomic E-state index is -0.196. The highest BCUT2D eigenvalue weighted by Gasteiger charge is 2.20. The molecule has 21 heavy (non-hydrogen) atoms. The van der Waals surface area contributed by atoms with Crippen LogP contribution in [0, 0.1) is 0 Å². The summed E-state index contributed by atoms with van der Waals surface area (Å²) in [5.74, 6) is -0.0148. The van der Waals surface area contributed by atoms with E-state index in [1.807, 2.05) is 25.1 Å². The molecule has 0 spiro atoms. The maximum absolute atomic E-state index is 12.4. The Labute approximate surface area is 129 Å². The zero-order valence-corrected chi connectivity index (χ0v) is 13.2. The summed E-state index contributed by atoms with van der Waals surface area (Å²) in [5.41, 5.74) is 7.11. The Morgan fingerprint density at radius 1 is 1.38 bits per heavy atom. The van der Waals surface area contributed by atoms with Crippen LogP contribution in [0.3, 0.4) is 0 Å². The highest BCUT2D eigenvalue weighted by molar-refractivity contribution is 7.09. The van der Waals surface area contributed by atoms with E-state index < -0.39 is 0 Å². The van der Waals surface area contributed by atoms with E-state index in [1.54, 1.807) is 23.5 Å². The number of hydrogen-bond donors (Lipinski definition) is 2. The number of anilines is 2. The van der Waals surface area contributed by atoms with Gasteiger partial charge < -0.3 is 11.1 Å². The average molecular weight is 303 g/mol. The third kappa shape index (κ3) is 4.31. The van der Waals surface area contributed by atoms with E-state index >= 15 is 0 Å². The van der Waals surface area contributed by atoms with Gasteiger partial charge in [0.15, 0.2) is 0 Å². The normalized spacial score (nSPS) is 12.3. The number of nitrogens with zero attached hydrogens (tertiary/aromatic N) is 1. The minimum Gasteiger partial charge on any atom is -0.399 e. The molecule has 0 aliphatic rings. The topological polar surface area (TPSA) is 58.4 Å². The number of amides is 1.